The number of nitrogens with one attached hydrogen (secondary N) is 1. The molecule has 0 spiro atoms. The van der Waals surface area contributed by atoms with Crippen LogP contribution >= 0.6 is 0 Å². The highest BCUT2D eigenvalue weighted by atomic mass is 19.1. The van der Waals surface area contributed by atoms with Gasteiger partial charge in [-0.15, -0.1) is 0 Å². The molecule has 0 aliphatic carbocycles. The molecule has 4 nitrogen and oxygen atoms in total. The molecule has 0 aliphatic heterocycles. The number of hydrogen-bond acceptors (Lipinski definition) is 3. The molecule has 21 heavy (non-hydrogen) atoms. The van der Waals surface area contributed by atoms with Crippen molar-refractivity contribution in [2.24, 2.45) is 0 Å². The lowest BCUT2D eigenvalue weighted by atomic mass is 10.2. The summed E-state index contributed by atoms with van der Waals surface area (Å²) in [6, 6.07) is 13.1. The molecular formula is C16H17FN2O2. The molecule has 2 aromatic carbocycles. The molecule has 0 heterocycles. The first-order valence-corrected chi connectivity index (χ1v) is 6.57. The fraction of sp³-hybridized carbons (Fsp3) is 0.188. The number of carbonyl (C=O) groups excluding carboxylic acids is 1. The molecule has 0 saturated heterocycles. The van der Waals surface area contributed by atoms with E-state index in [2.05, 4.69) is 5.32 Å². The fourth-order valence-corrected chi connectivity index (χ4v) is 1.72. The van der Waals surface area contributed by atoms with Gasteiger partial charge in [0, 0.05) is 16.9 Å². The number of rotatable bonds is 5. The maximum Gasteiger partial charge on any atom is 0.253 e. The van der Waals surface area contributed by atoms with Crippen LogP contribution in [0, 0.1) is 5.82 Å². The van der Waals surface area contributed by atoms with Gasteiger partial charge in [0.2, 0.25) is 0 Å². The molecular weight excluding hydrogens is 271 g/mol. The van der Waals surface area contributed by atoms with E-state index < -0.39 is 6.10 Å². The molecule has 1 unspecified atom stereocenters. The normalized spacial score (nSPS) is 11.9. The molecule has 0 aromatic heterocycles. The average Bonchev–Trinajstić information content (AvgIpc) is 2.48. The van der Waals surface area contributed by atoms with Gasteiger partial charge >= 0.3 is 0 Å². The second kappa shape index (κ2) is 6.85. The van der Waals surface area contributed by atoms with Gasteiger partial charge in [-0.1, -0.05) is 18.2 Å². The minimum atomic E-state index is -0.692. The summed E-state index contributed by atoms with van der Waals surface area (Å²) in [5.41, 5.74) is 7.25. The second-order valence-corrected chi connectivity index (χ2v) is 4.66. The number of carbonyl (C=O) groups is 1. The lowest BCUT2D eigenvalue weighted by Gasteiger charge is -2.14. The molecule has 1 atom stereocenters. The third kappa shape index (κ3) is 4.29. The summed E-state index contributed by atoms with van der Waals surface area (Å²) < 4.78 is 18.8. The summed E-state index contributed by atoms with van der Waals surface area (Å²) in [5, 5.41) is 2.71. The van der Waals surface area contributed by atoms with Gasteiger partial charge in [-0.3, -0.25) is 4.79 Å². The number of nitrogens with two attached hydrogens (primary N) is 1. The number of benzene rings is 2. The topological polar surface area (TPSA) is 64.3 Å². The number of ether oxygens (including phenoxy) is 1. The molecule has 0 aliphatic rings. The van der Waals surface area contributed by atoms with Crippen LogP contribution in [0.3, 0.4) is 0 Å². The standard InChI is InChI=1S/C16H17FN2O2/c1-11(21-10-12-4-2-3-5-15(12)17)16(20)19-14-8-6-13(18)7-9-14/h2-9,11H,10,18H2,1H3,(H,19,20). The molecule has 2 aromatic rings. The third-order valence-corrected chi connectivity index (χ3v) is 2.99. The van der Waals surface area contributed by atoms with Crippen molar-refractivity contribution >= 4 is 17.3 Å². The summed E-state index contributed by atoms with van der Waals surface area (Å²) in [7, 11) is 0. The predicted octanol–water partition coefficient (Wildman–Crippen LogP) is 2.95. The third-order valence-electron chi connectivity index (χ3n) is 2.99. The Hall–Kier alpha value is -2.40. The lowest BCUT2D eigenvalue weighted by molar-refractivity contribution is -0.127. The summed E-state index contributed by atoms with van der Waals surface area (Å²) in [6.45, 7) is 1.66. The maximum atomic E-state index is 13.4. The Morgan fingerprint density at radius 2 is 1.90 bits per heavy atom. The van der Waals surface area contributed by atoms with Gasteiger partial charge in [0.1, 0.15) is 11.9 Å². The Labute approximate surface area is 122 Å². The van der Waals surface area contributed by atoms with Crippen LogP contribution in [0.15, 0.2) is 48.5 Å². The largest absolute Gasteiger partial charge is 0.399 e. The first-order chi connectivity index (χ1) is 10.1. The van der Waals surface area contributed by atoms with Crippen LogP contribution in [0.1, 0.15) is 12.5 Å². The van der Waals surface area contributed by atoms with Crippen LogP contribution in [0.5, 0.6) is 0 Å². The van der Waals surface area contributed by atoms with Gasteiger partial charge in [0.25, 0.3) is 5.91 Å². The van der Waals surface area contributed by atoms with Crippen LogP contribution in [0.4, 0.5) is 15.8 Å². The Balaban J connectivity index is 1.88. The van der Waals surface area contributed by atoms with Gasteiger partial charge in [-0.25, -0.2) is 4.39 Å². The predicted molar refractivity (Wildman–Crippen MR) is 80.1 cm³/mol. The molecule has 1 amide bonds. The Bertz CT molecular complexity index is 614. The van der Waals surface area contributed by atoms with Crippen molar-refractivity contribution in [2.75, 3.05) is 11.1 Å². The van der Waals surface area contributed by atoms with E-state index in [4.69, 9.17) is 10.5 Å². The zero-order valence-corrected chi connectivity index (χ0v) is 11.7. The number of halogens is 1. The van der Waals surface area contributed by atoms with E-state index in [0.717, 1.165) is 0 Å². The quantitative estimate of drug-likeness (QED) is 0.831. The first-order valence-electron chi connectivity index (χ1n) is 6.57. The maximum absolute atomic E-state index is 13.4. The van der Waals surface area contributed by atoms with Gasteiger partial charge in [-0.2, -0.15) is 0 Å². The molecule has 0 saturated carbocycles. The van der Waals surface area contributed by atoms with Crippen molar-refractivity contribution < 1.29 is 13.9 Å². The van der Waals surface area contributed by atoms with E-state index in [-0.39, 0.29) is 18.3 Å². The van der Waals surface area contributed by atoms with Crippen molar-refractivity contribution in [1.29, 1.82) is 0 Å². The summed E-state index contributed by atoms with van der Waals surface area (Å²) in [6.07, 6.45) is -0.692. The monoisotopic (exact) mass is 288 g/mol. The van der Waals surface area contributed by atoms with E-state index >= 15 is 0 Å². The van der Waals surface area contributed by atoms with Crippen molar-refractivity contribution in [3.8, 4) is 0 Å². The highest BCUT2D eigenvalue weighted by molar-refractivity contribution is 5.94. The van der Waals surface area contributed by atoms with Crippen LogP contribution in [-0.4, -0.2) is 12.0 Å². The highest BCUT2D eigenvalue weighted by Gasteiger charge is 2.14. The van der Waals surface area contributed by atoms with E-state index in [1.54, 1.807) is 49.4 Å². The second-order valence-electron chi connectivity index (χ2n) is 4.66. The molecule has 5 heteroatoms. The number of nitrogen functional groups attached to an aromatic ring is 1. The van der Waals surface area contributed by atoms with Crippen LogP contribution < -0.4 is 11.1 Å². The van der Waals surface area contributed by atoms with Gasteiger partial charge < -0.3 is 15.8 Å². The molecule has 0 radical (unpaired) electrons. The molecule has 3 N–H and O–H groups in total. The SMILES string of the molecule is CC(OCc1ccccc1F)C(=O)Nc1ccc(N)cc1. The Morgan fingerprint density at radius 3 is 2.57 bits per heavy atom. The minimum absolute atomic E-state index is 0.0446. The minimum Gasteiger partial charge on any atom is -0.399 e. The Kier molecular flexibility index (Phi) is 4.90. The lowest BCUT2D eigenvalue weighted by Crippen LogP contribution is -2.27. The van der Waals surface area contributed by atoms with Gasteiger partial charge in [0.05, 0.1) is 6.61 Å². The number of anilines is 2. The fourth-order valence-electron chi connectivity index (χ4n) is 1.72. The van der Waals surface area contributed by atoms with Gasteiger partial charge in [-0.05, 0) is 37.3 Å². The van der Waals surface area contributed by atoms with Crippen LogP contribution in [0.25, 0.3) is 0 Å². The van der Waals surface area contributed by atoms with Crippen molar-refractivity contribution in [3.63, 3.8) is 0 Å². The van der Waals surface area contributed by atoms with Crippen molar-refractivity contribution in [1.82, 2.24) is 0 Å². The van der Waals surface area contributed by atoms with Crippen molar-refractivity contribution in [2.45, 2.75) is 19.6 Å². The van der Waals surface area contributed by atoms with Crippen molar-refractivity contribution in [3.05, 3.63) is 59.9 Å². The molecule has 2 rings (SSSR count). The zero-order valence-electron chi connectivity index (χ0n) is 11.7. The summed E-state index contributed by atoms with van der Waals surface area (Å²) >= 11 is 0. The van der Waals surface area contributed by atoms with E-state index in [0.29, 0.717) is 16.9 Å². The van der Waals surface area contributed by atoms with E-state index in [9.17, 15) is 9.18 Å². The van der Waals surface area contributed by atoms with Crippen LogP contribution in [-0.2, 0) is 16.1 Å². The zero-order chi connectivity index (χ0) is 15.2. The number of amides is 1. The Morgan fingerprint density at radius 1 is 1.24 bits per heavy atom. The highest BCUT2D eigenvalue weighted by Crippen LogP contribution is 2.13. The van der Waals surface area contributed by atoms with E-state index in [1.807, 2.05) is 0 Å². The molecule has 0 fully saturated rings. The number of hydrogen-bond donors (Lipinski definition) is 2. The summed E-state index contributed by atoms with van der Waals surface area (Å²) in [4.78, 5) is 11.9. The molecule has 0 bridgehead atoms. The average molecular weight is 288 g/mol. The summed E-state index contributed by atoms with van der Waals surface area (Å²) in [5.74, 6) is -0.639. The van der Waals surface area contributed by atoms with Gasteiger partial charge in [0.15, 0.2) is 0 Å². The van der Waals surface area contributed by atoms with E-state index in [1.165, 1.54) is 6.07 Å². The molecule has 110 valence electrons. The van der Waals surface area contributed by atoms with Crippen LogP contribution in [0.2, 0.25) is 0 Å². The smallest absolute Gasteiger partial charge is 0.253 e. The first kappa shape index (κ1) is 15.0.